The van der Waals surface area contributed by atoms with Crippen LogP contribution in [0.1, 0.15) is 28.4 Å². The Labute approximate surface area is 158 Å². The quantitative estimate of drug-likeness (QED) is 0.754. The minimum Gasteiger partial charge on any atom is -0.371 e. The molecule has 2 saturated heterocycles. The van der Waals surface area contributed by atoms with Gasteiger partial charge in [-0.2, -0.15) is 0 Å². The number of aromatic nitrogens is 1. The molecule has 0 unspecified atom stereocenters. The number of fused-ring (bicyclic) bond motifs is 2. The summed E-state index contributed by atoms with van der Waals surface area (Å²) >= 11 is 0. The molecule has 1 aromatic heterocycles. The predicted octanol–water partition coefficient (Wildman–Crippen LogP) is 3.11. The van der Waals surface area contributed by atoms with Gasteiger partial charge in [0, 0.05) is 42.5 Å². The van der Waals surface area contributed by atoms with Crippen LogP contribution in [-0.4, -0.2) is 47.6 Å². The second kappa shape index (κ2) is 6.83. The maximum absolute atomic E-state index is 12.7. The maximum Gasteiger partial charge on any atom is 0.251 e. The van der Waals surface area contributed by atoms with Gasteiger partial charge >= 0.3 is 0 Å². The maximum atomic E-state index is 12.7. The number of hydrogen-bond acceptors (Lipinski definition) is 3. The molecular weight excluding hydrogens is 338 g/mol. The summed E-state index contributed by atoms with van der Waals surface area (Å²) in [7, 11) is 0. The largest absolute Gasteiger partial charge is 0.371 e. The summed E-state index contributed by atoms with van der Waals surface area (Å²) in [6, 6.07) is 18.7. The third kappa shape index (κ3) is 3.24. The number of ether oxygens (including phenoxy) is 1. The van der Waals surface area contributed by atoms with Gasteiger partial charge in [-0.05, 0) is 35.6 Å². The van der Waals surface area contributed by atoms with E-state index in [9.17, 15) is 4.79 Å². The fourth-order valence-electron chi connectivity index (χ4n) is 4.31. The Hall–Kier alpha value is -2.63. The highest BCUT2D eigenvalue weighted by Crippen LogP contribution is 2.30. The zero-order valence-corrected chi connectivity index (χ0v) is 15.1. The number of H-pyrrole nitrogens is 1. The van der Waals surface area contributed by atoms with Gasteiger partial charge in [-0.3, -0.25) is 9.69 Å². The van der Waals surface area contributed by atoms with Crippen LogP contribution in [0.2, 0.25) is 0 Å². The Kier molecular flexibility index (Phi) is 4.19. The van der Waals surface area contributed by atoms with E-state index in [2.05, 4.69) is 39.5 Å². The average molecular weight is 361 g/mol. The molecule has 2 N–H and O–H groups in total. The van der Waals surface area contributed by atoms with Crippen LogP contribution in [0, 0.1) is 0 Å². The van der Waals surface area contributed by atoms with Crippen LogP contribution in [0.15, 0.2) is 60.8 Å². The van der Waals surface area contributed by atoms with Crippen LogP contribution in [0.4, 0.5) is 0 Å². The molecular formula is C22H23N3O2. The molecule has 0 radical (unpaired) electrons. The smallest absolute Gasteiger partial charge is 0.251 e. The topological polar surface area (TPSA) is 57.4 Å². The Morgan fingerprint density at radius 1 is 1.11 bits per heavy atom. The minimum atomic E-state index is -0.00289. The van der Waals surface area contributed by atoms with Gasteiger partial charge in [0.05, 0.1) is 12.7 Å². The van der Waals surface area contributed by atoms with Crippen LogP contribution in [0.3, 0.4) is 0 Å². The first-order valence-electron chi connectivity index (χ1n) is 9.55. The second-order valence-corrected chi connectivity index (χ2v) is 7.53. The van der Waals surface area contributed by atoms with Crippen LogP contribution < -0.4 is 5.32 Å². The lowest BCUT2D eigenvalue weighted by atomic mass is 10.1. The van der Waals surface area contributed by atoms with E-state index in [0.717, 1.165) is 37.0 Å². The van der Waals surface area contributed by atoms with Crippen molar-refractivity contribution in [2.45, 2.75) is 24.6 Å². The number of amides is 1. The van der Waals surface area contributed by atoms with Crippen molar-refractivity contribution in [2.24, 2.45) is 0 Å². The molecule has 138 valence electrons. The first-order chi connectivity index (χ1) is 13.3. The van der Waals surface area contributed by atoms with Crippen molar-refractivity contribution in [3.8, 4) is 0 Å². The molecule has 2 aromatic carbocycles. The van der Waals surface area contributed by atoms with Gasteiger partial charge in [0.15, 0.2) is 0 Å². The summed E-state index contributed by atoms with van der Waals surface area (Å²) in [5.41, 5.74) is 2.92. The number of nitrogens with one attached hydrogen (secondary N) is 2. The van der Waals surface area contributed by atoms with Gasteiger partial charge in [0.1, 0.15) is 0 Å². The number of nitrogens with zero attached hydrogens (tertiary/aromatic N) is 1. The molecule has 2 aliphatic heterocycles. The second-order valence-electron chi connectivity index (χ2n) is 7.53. The lowest BCUT2D eigenvalue weighted by Crippen LogP contribution is -2.43. The van der Waals surface area contributed by atoms with Crippen LogP contribution in [0.5, 0.6) is 0 Å². The number of carbonyl (C=O) groups is 1. The number of hydrogen-bond donors (Lipinski definition) is 2. The van der Waals surface area contributed by atoms with Crippen molar-refractivity contribution in [3.05, 3.63) is 71.9 Å². The van der Waals surface area contributed by atoms with E-state index in [1.54, 1.807) is 0 Å². The highest BCUT2D eigenvalue weighted by atomic mass is 16.5. The molecule has 0 saturated carbocycles. The van der Waals surface area contributed by atoms with Gasteiger partial charge in [0.2, 0.25) is 0 Å². The summed E-state index contributed by atoms with van der Waals surface area (Å²) in [5.74, 6) is -0.00289. The highest BCUT2D eigenvalue weighted by molar-refractivity contribution is 5.98. The monoisotopic (exact) mass is 361 g/mol. The molecule has 3 atom stereocenters. The van der Waals surface area contributed by atoms with Crippen LogP contribution in [0.25, 0.3) is 10.9 Å². The molecule has 0 aliphatic carbocycles. The summed E-state index contributed by atoms with van der Waals surface area (Å²) in [6.45, 7) is 2.49. The van der Waals surface area contributed by atoms with E-state index in [4.69, 9.17) is 4.74 Å². The molecule has 1 amide bonds. The SMILES string of the molecule is O=C(N[C@@H]1C[C@H]2CO[C@@H](c3ccccc3)CN2C1)c1ccc2cc[nH]c2c1. The molecule has 0 spiro atoms. The molecule has 0 bridgehead atoms. The Balaban J connectivity index is 1.23. The third-order valence-electron chi connectivity index (χ3n) is 5.74. The molecule has 5 nitrogen and oxygen atoms in total. The first kappa shape index (κ1) is 16.5. The molecule has 27 heavy (non-hydrogen) atoms. The molecule has 5 rings (SSSR count). The summed E-state index contributed by atoms with van der Waals surface area (Å²) in [5, 5.41) is 4.33. The van der Waals surface area contributed by atoms with E-state index in [-0.39, 0.29) is 18.1 Å². The molecule has 2 fully saturated rings. The van der Waals surface area contributed by atoms with Gasteiger partial charge in [0.25, 0.3) is 5.91 Å². The van der Waals surface area contributed by atoms with Gasteiger partial charge in [-0.1, -0.05) is 36.4 Å². The van der Waals surface area contributed by atoms with Crippen molar-refractivity contribution >= 4 is 16.8 Å². The van der Waals surface area contributed by atoms with Gasteiger partial charge in [-0.25, -0.2) is 0 Å². The van der Waals surface area contributed by atoms with Crippen molar-refractivity contribution < 1.29 is 9.53 Å². The van der Waals surface area contributed by atoms with Crippen LogP contribution >= 0.6 is 0 Å². The van der Waals surface area contributed by atoms with E-state index in [1.165, 1.54) is 5.56 Å². The lowest BCUT2D eigenvalue weighted by molar-refractivity contribution is -0.0502. The number of aromatic amines is 1. The Morgan fingerprint density at radius 3 is 2.89 bits per heavy atom. The fraction of sp³-hybridized carbons (Fsp3) is 0.318. The number of rotatable bonds is 3. The standard InChI is InChI=1S/C22H23N3O2/c26-22(17-7-6-15-8-9-23-20(15)10-17)24-18-11-19-14-27-21(13-25(19)12-18)16-4-2-1-3-5-16/h1-10,18-19,21,23H,11-14H2,(H,24,26)/t18-,19+,21-/m1/s1. The zero-order valence-electron chi connectivity index (χ0n) is 15.1. The van der Waals surface area contributed by atoms with Crippen molar-refractivity contribution in [3.63, 3.8) is 0 Å². The predicted molar refractivity (Wildman–Crippen MR) is 105 cm³/mol. The van der Waals surface area contributed by atoms with Crippen molar-refractivity contribution in [2.75, 3.05) is 19.7 Å². The third-order valence-corrected chi connectivity index (χ3v) is 5.74. The number of benzene rings is 2. The van der Waals surface area contributed by atoms with E-state index < -0.39 is 0 Å². The summed E-state index contributed by atoms with van der Waals surface area (Å²) in [4.78, 5) is 18.3. The molecule has 2 aliphatic rings. The van der Waals surface area contributed by atoms with Gasteiger partial charge < -0.3 is 15.0 Å². The van der Waals surface area contributed by atoms with Gasteiger partial charge in [-0.15, -0.1) is 0 Å². The number of morpholine rings is 1. The van der Waals surface area contributed by atoms with Crippen LogP contribution in [-0.2, 0) is 4.74 Å². The zero-order chi connectivity index (χ0) is 18.2. The Bertz CT molecular complexity index is 952. The summed E-state index contributed by atoms with van der Waals surface area (Å²) in [6.07, 6.45) is 2.95. The lowest BCUT2D eigenvalue weighted by Gasteiger charge is -2.35. The van der Waals surface area contributed by atoms with E-state index in [0.29, 0.717) is 11.6 Å². The Morgan fingerprint density at radius 2 is 2.00 bits per heavy atom. The minimum absolute atomic E-state index is 0.00289. The fourth-order valence-corrected chi connectivity index (χ4v) is 4.31. The highest BCUT2D eigenvalue weighted by Gasteiger charge is 2.38. The van der Waals surface area contributed by atoms with Crippen molar-refractivity contribution in [1.29, 1.82) is 0 Å². The first-order valence-corrected chi connectivity index (χ1v) is 9.55. The molecule has 5 heteroatoms. The number of carbonyl (C=O) groups excluding carboxylic acids is 1. The normalized spacial score (nSPS) is 25.4. The van der Waals surface area contributed by atoms with E-state index >= 15 is 0 Å². The molecule has 3 aromatic rings. The van der Waals surface area contributed by atoms with Crippen molar-refractivity contribution in [1.82, 2.24) is 15.2 Å². The molecule has 3 heterocycles. The average Bonchev–Trinajstić information content (AvgIpc) is 3.33. The van der Waals surface area contributed by atoms with E-state index in [1.807, 2.05) is 36.5 Å². The summed E-state index contributed by atoms with van der Waals surface area (Å²) < 4.78 is 6.10.